The van der Waals surface area contributed by atoms with Gasteiger partial charge in [0.1, 0.15) is 6.10 Å². The Morgan fingerprint density at radius 3 is 2.76 bits per heavy atom. The molecule has 9 heteroatoms. The summed E-state index contributed by atoms with van der Waals surface area (Å²) in [6, 6.07) is 5.11. The molecule has 3 rings (SSSR count). The van der Waals surface area contributed by atoms with Gasteiger partial charge in [0.25, 0.3) is 0 Å². The third kappa shape index (κ3) is 7.39. The molecule has 1 aliphatic rings. The highest BCUT2D eigenvalue weighted by Gasteiger charge is 2.23. The fourth-order valence-corrected chi connectivity index (χ4v) is 3.88. The fourth-order valence-electron chi connectivity index (χ4n) is 3.67. The van der Waals surface area contributed by atoms with Gasteiger partial charge in [0, 0.05) is 24.1 Å². The second-order valence-electron chi connectivity index (χ2n) is 7.99. The van der Waals surface area contributed by atoms with Crippen LogP contribution in [0.1, 0.15) is 58.3 Å². The number of hydrogen-bond donors (Lipinski definition) is 1. The van der Waals surface area contributed by atoms with Gasteiger partial charge in [-0.25, -0.2) is 4.79 Å². The third-order valence-electron chi connectivity index (χ3n) is 5.46. The average molecular weight is 479 g/mol. The Bertz CT molecular complexity index is 948. The molecular formula is C24H31ClN2O6. The molecule has 1 saturated carbocycles. The minimum atomic E-state index is -0.833. The quantitative estimate of drug-likeness (QED) is 0.262. The Morgan fingerprint density at radius 1 is 1.24 bits per heavy atom. The normalized spacial score (nSPS) is 14.6. The zero-order valence-corrected chi connectivity index (χ0v) is 19.9. The van der Waals surface area contributed by atoms with Crippen molar-refractivity contribution in [1.82, 2.24) is 10.3 Å². The molecule has 1 unspecified atom stereocenters. The molecule has 0 bridgehead atoms. The minimum Gasteiger partial charge on any atom is -0.493 e. The van der Waals surface area contributed by atoms with Crippen LogP contribution >= 0.6 is 11.6 Å². The van der Waals surface area contributed by atoms with Crippen molar-refractivity contribution in [2.24, 2.45) is 0 Å². The van der Waals surface area contributed by atoms with E-state index in [1.54, 1.807) is 24.4 Å². The van der Waals surface area contributed by atoms with E-state index in [2.05, 4.69) is 10.3 Å². The molecule has 2 aromatic rings. The predicted octanol–water partition coefficient (Wildman–Crippen LogP) is 5.39. The van der Waals surface area contributed by atoms with Crippen molar-refractivity contribution in [2.45, 2.75) is 70.6 Å². The van der Waals surface area contributed by atoms with Crippen LogP contribution < -0.4 is 14.8 Å². The van der Waals surface area contributed by atoms with E-state index in [4.69, 9.17) is 30.5 Å². The monoisotopic (exact) mass is 478 g/mol. The number of nitrogens with zero attached hydrogens (tertiary/aromatic N) is 1. The van der Waals surface area contributed by atoms with Crippen molar-refractivity contribution in [3.8, 4) is 11.5 Å². The molecule has 1 fully saturated rings. The van der Waals surface area contributed by atoms with E-state index >= 15 is 0 Å². The first-order chi connectivity index (χ1) is 16.0. The summed E-state index contributed by atoms with van der Waals surface area (Å²) < 4.78 is 22.2. The SMILES string of the molecule is CCCCOC(=O)NC(CCC(=O)OC1CCCC1)Oc1cc2nccc(Cl)c2cc1OC. The number of benzene rings is 1. The van der Waals surface area contributed by atoms with Crippen molar-refractivity contribution in [2.75, 3.05) is 13.7 Å². The zero-order chi connectivity index (χ0) is 23.6. The molecule has 1 aromatic heterocycles. The van der Waals surface area contributed by atoms with E-state index in [1.807, 2.05) is 6.92 Å². The highest BCUT2D eigenvalue weighted by Crippen LogP contribution is 2.35. The van der Waals surface area contributed by atoms with Gasteiger partial charge in [0.15, 0.2) is 17.7 Å². The number of unbranched alkanes of at least 4 members (excludes halogenated alkanes) is 1. The summed E-state index contributed by atoms with van der Waals surface area (Å²) in [6.07, 6.45) is 6.06. The number of hydrogen-bond acceptors (Lipinski definition) is 7. The summed E-state index contributed by atoms with van der Waals surface area (Å²) in [7, 11) is 1.51. The van der Waals surface area contributed by atoms with Gasteiger partial charge in [-0.15, -0.1) is 0 Å². The van der Waals surface area contributed by atoms with E-state index < -0.39 is 12.3 Å². The van der Waals surface area contributed by atoms with Crippen LogP contribution in [0.3, 0.4) is 0 Å². The first-order valence-corrected chi connectivity index (χ1v) is 11.8. The number of ether oxygens (including phenoxy) is 4. The van der Waals surface area contributed by atoms with Crippen molar-refractivity contribution in [3.05, 3.63) is 29.4 Å². The Balaban J connectivity index is 1.72. The van der Waals surface area contributed by atoms with Gasteiger partial charge in [-0.3, -0.25) is 15.1 Å². The zero-order valence-electron chi connectivity index (χ0n) is 19.1. The Hall–Kier alpha value is -2.74. The van der Waals surface area contributed by atoms with E-state index in [0.29, 0.717) is 34.0 Å². The molecule has 1 aliphatic carbocycles. The maximum atomic E-state index is 12.3. The summed E-state index contributed by atoms with van der Waals surface area (Å²) in [5.41, 5.74) is 0.614. The fraction of sp³-hybridized carbons (Fsp3) is 0.542. The number of methoxy groups -OCH3 is 1. The van der Waals surface area contributed by atoms with Crippen LogP contribution in [0.15, 0.2) is 24.4 Å². The van der Waals surface area contributed by atoms with Crippen LogP contribution in [-0.2, 0) is 14.3 Å². The van der Waals surface area contributed by atoms with E-state index in [0.717, 1.165) is 38.5 Å². The van der Waals surface area contributed by atoms with Gasteiger partial charge in [-0.1, -0.05) is 24.9 Å². The molecular weight excluding hydrogens is 448 g/mol. The highest BCUT2D eigenvalue weighted by atomic mass is 35.5. The summed E-state index contributed by atoms with van der Waals surface area (Å²) in [4.78, 5) is 28.9. The van der Waals surface area contributed by atoms with Crippen LogP contribution in [0.4, 0.5) is 4.79 Å². The summed E-state index contributed by atoms with van der Waals surface area (Å²) in [6.45, 7) is 2.32. The van der Waals surface area contributed by atoms with Crippen molar-refractivity contribution in [1.29, 1.82) is 0 Å². The second kappa shape index (κ2) is 12.5. The number of halogens is 1. The molecule has 1 aromatic carbocycles. The standard InChI is InChI=1S/C24H31ClN2O6/c1-3-4-13-31-24(29)27-22(9-10-23(28)32-16-7-5-6-8-16)33-21-15-19-17(14-20(21)30-2)18(25)11-12-26-19/h11-12,14-16,22H,3-10,13H2,1-2H3,(H,27,29). The predicted molar refractivity (Wildman–Crippen MR) is 125 cm³/mol. The largest absolute Gasteiger partial charge is 0.493 e. The number of carbonyl (C=O) groups is 2. The molecule has 0 spiro atoms. The lowest BCUT2D eigenvalue weighted by Gasteiger charge is -2.22. The van der Waals surface area contributed by atoms with Crippen LogP contribution in [0.2, 0.25) is 5.02 Å². The molecule has 0 aliphatic heterocycles. The van der Waals surface area contributed by atoms with Gasteiger partial charge >= 0.3 is 12.1 Å². The Labute approximate surface area is 198 Å². The molecule has 8 nitrogen and oxygen atoms in total. The number of amides is 1. The molecule has 0 saturated heterocycles. The van der Waals surface area contributed by atoms with Crippen LogP contribution in [0.25, 0.3) is 10.9 Å². The van der Waals surface area contributed by atoms with Crippen molar-refractivity contribution >= 4 is 34.6 Å². The van der Waals surface area contributed by atoms with Crippen molar-refractivity contribution in [3.63, 3.8) is 0 Å². The average Bonchev–Trinajstić information content (AvgIpc) is 3.30. The molecule has 1 N–H and O–H groups in total. The van der Waals surface area contributed by atoms with Gasteiger partial charge in [0.2, 0.25) is 0 Å². The van der Waals surface area contributed by atoms with E-state index in [1.165, 1.54) is 7.11 Å². The first kappa shape index (κ1) is 24.9. The maximum absolute atomic E-state index is 12.3. The number of esters is 1. The number of nitrogens with one attached hydrogen (secondary N) is 1. The molecule has 33 heavy (non-hydrogen) atoms. The number of rotatable bonds is 11. The molecule has 0 radical (unpaired) electrons. The van der Waals surface area contributed by atoms with Crippen LogP contribution in [-0.4, -0.2) is 43.1 Å². The third-order valence-corrected chi connectivity index (χ3v) is 5.79. The van der Waals surface area contributed by atoms with Crippen LogP contribution in [0, 0.1) is 0 Å². The summed E-state index contributed by atoms with van der Waals surface area (Å²) in [5.74, 6) is 0.482. The molecule has 1 atom stereocenters. The van der Waals surface area contributed by atoms with E-state index in [-0.39, 0.29) is 24.9 Å². The maximum Gasteiger partial charge on any atom is 0.409 e. The summed E-state index contributed by atoms with van der Waals surface area (Å²) >= 11 is 6.27. The minimum absolute atomic E-state index is 0.0137. The number of fused-ring (bicyclic) bond motifs is 1. The van der Waals surface area contributed by atoms with Gasteiger partial charge in [-0.2, -0.15) is 0 Å². The number of alkyl carbamates (subject to hydrolysis) is 1. The Kier molecular flexibility index (Phi) is 9.42. The highest BCUT2D eigenvalue weighted by molar-refractivity contribution is 6.35. The number of aromatic nitrogens is 1. The smallest absolute Gasteiger partial charge is 0.409 e. The second-order valence-corrected chi connectivity index (χ2v) is 8.40. The van der Waals surface area contributed by atoms with Crippen LogP contribution in [0.5, 0.6) is 11.5 Å². The van der Waals surface area contributed by atoms with Crippen molar-refractivity contribution < 1.29 is 28.5 Å². The van der Waals surface area contributed by atoms with Gasteiger partial charge < -0.3 is 18.9 Å². The lowest BCUT2D eigenvalue weighted by molar-refractivity contribution is -0.149. The number of pyridine rings is 1. The first-order valence-electron chi connectivity index (χ1n) is 11.4. The van der Waals surface area contributed by atoms with E-state index in [9.17, 15) is 9.59 Å². The Morgan fingerprint density at radius 2 is 2.03 bits per heavy atom. The van der Waals surface area contributed by atoms with Gasteiger partial charge in [0.05, 0.1) is 30.7 Å². The topological polar surface area (TPSA) is 96.0 Å². The molecule has 1 heterocycles. The lowest BCUT2D eigenvalue weighted by Crippen LogP contribution is -2.40. The lowest BCUT2D eigenvalue weighted by atomic mass is 10.2. The molecule has 180 valence electrons. The summed E-state index contributed by atoms with van der Waals surface area (Å²) in [5, 5.41) is 3.94. The number of carbonyl (C=O) groups excluding carboxylic acids is 2. The van der Waals surface area contributed by atoms with Gasteiger partial charge in [-0.05, 0) is 44.2 Å². The molecule has 1 amide bonds.